The van der Waals surface area contributed by atoms with Gasteiger partial charge in [0.15, 0.2) is 0 Å². The standard InChI is InChI=1S/C19H14N2/c1-3-7-17-14(5-1)13-15-6-2-4-8-18(15)19(17)21-16-9-11-20-12-10-16/h1-13H,(H,20,21). The van der Waals surface area contributed by atoms with E-state index in [-0.39, 0.29) is 0 Å². The van der Waals surface area contributed by atoms with E-state index in [4.69, 9.17) is 0 Å². The van der Waals surface area contributed by atoms with Gasteiger partial charge in [-0.2, -0.15) is 0 Å². The molecule has 0 spiro atoms. The van der Waals surface area contributed by atoms with E-state index in [2.05, 4.69) is 64.9 Å². The van der Waals surface area contributed by atoms with Crippen LogP contribution in [0.3, 0.4) is 0 Å². The molecule has 21 heavy (non-hydrogen) atoms. The van der Waals surface area contributed by atoms with Gasteiger partial charge in [-0.05, 0) is 29.0 Å². The van der Waals surface area contributed by atoms with Crippen LogP contribution in [-0.2, 0) is 0 Å². The number of pyridine rings is 1. The van der Waals surface area contributed by atoms with Crippen molar-refractivity contribution in [1.82, 2.24) is 4.98 Å². The van der Waals surface area contributed by atoms with Crippen molar-refractivity contribution >= 4 is 32.9 Å². The molecule has 4 rings (SSSR count). The second kappa shape index (κ2) is 4.91. The molecular weight excluding hydrogens is 256 g/mol. The Hall–Kier alpha value is -2.87. The first kappa shape index (κ1) is 11.9. The van der Waals surface area contributed by atoms with E-state index in [1.807, 2.05) is 12.1 Å². The fourth-order valence-corrected chi connectivity index (χ4v) is 2.73. The lowest BCUT2D eigenvalue weighted by Gasteiger charge is -2.13. The van der Waals surface area contributed by atoms with Gasteiger partial charge < -0.3 is 5.32 Å². The van der Waals surface area contributed by atoms with Gasteiger partial charge in [0.25, 0.3) is 0 Å². The number of hydrogen-bond donors (Lipinski definition) is 1. The van der Waals surface area contributed by atoms with Gasteiger partial charge in [0, 0.05) is 28.9 Å². The highest BCUT2D eigenvalue weighted by Gasteiger charge is 2.07. The van der Waals surface area contributed by atoms with Crippen LogP contribution in [0.15, 0.2) is 79.1 Å². The highest BCUT2D eigenvalue weighted by Crippen LogP contribution is 2.34. The van der Waals surface area contributed by atoms with Crippen molar-refractivity contribution in [2.75, 3.05) is 5.32 Å². The number of nitrogens with one attached hydrogen (secondary N) is 1. The Bertz CT molecular complexity index is 860. The number of nitrogens with zero attached hydrogens (tertiary/aromatic N) is 1. The summed E-state index contributed by atoms with van der Waals surface area (Å²) in [5.74, 6) is 0. The molecule has 1 N–H and O–H groups in total. The van der Waals surface area contributed by atoms with Crippen LogP contribution in [0.25, 0.3) is 21.5 Å². The maximum Gasteiger partial charge on any atom is 0.0543 e. The smallest absolute Gasteiger partial charge is 0.0543 e. The van der Waals surface area contributed by atoms with Crippen molar-refractivity contribution in [3.63, 3.8) is 0 Å². The SMILES string of the molecule is c1ccc2c(Nc3ccncc3)c3ccccc3cc2c1. The zero-order chi connectivity index (χ0) is 14.1. The Morgan fingerprint density at radius 1 is 0.667 bits per heavy atom. The Balaban J connectivity index is 2.02. The number of benzene rings is 3. The summed E-state index contributed by atoms with van der Waals surface area (Å²) >= 11 is 0. The van der Waals surface area contributed by atoms with Gasteiger partial charge in [-0.25, -0.2) is 0 Å². The molecule has 2 nitrogen and oxygen atoms in total. The molecule has 0 saturated carbocycles. The fraction of sp³-hybridized carbons (Fsp3) is 0. The zero-order valence-electron chi connectivity index (χ0n) is 11.5. The second-order valence-electron chi connectivity index (χ2n) is 5.05. The van der Waals surface area contributed by atoms with Crippen molar-refractivity contribution in [1.29, 1.82) is 0 Å². The van der Waals surface area contributed by atoms with E-state index in [0.717, 1.165) is 11.4 Å². The van der Waals surface area contributed by atoms with E-state index in [0.29, 0.717) is 0 Å². The Morgan fingerprint density at radius 3 is 1.86 bits per heavy atom. The highest BCUT2D eigenvalue weighted by molar-refractivity contribution is 6.11. The summed E-state index contributed by atoms with van der Waals surface area (Å²) in [6.45, 7) is 0. The molecule has 4 aromatic rings. The normalized spacial score (nSPS) is 10.9. The number of anilines is 2. The molecule has 0 aliphatic rings. The van der Waals surface area contributed by atoms with Crippen LogP contribution < -0.4 is 5.32 Å². The van der Waals surface area contributed by atoms with E-state index < -0.39 is 0 Å². The Labute approximate surface area is 123 Å². The minimum atomic E-state index is 1.05. The summed E-state index contributed by atoms with van der Waals surface area (Å²) in [6, 6.07) is 23.1. The van der Waals surface area contributed by atoms with Crippen LogP contribution in [0.4, 0.5) is 11.4 Å². The average Bonchev–Trinajstić information content (AvgIpc) is 2.55. The Kier molecular flexibility index (Phi) is 2.79. The van der Waals surface area contributed by atoms with Crippen LogP contribution in [0.1, 0.15) is 0 Å². The van der Waals surface area contributed by atoms with E-state index in [1.165, 1.54) is 21.5 Å². The molecule has 1 aromatic heterocycles. The molecule has 0 saturated heterocycles. The first-order valence-corrected chi connectivity index (χ1v) is 6.99. The molecule has 0 aliphatic carbocycles. The molecule has 100 valence electrons. The molecule has 0 fully saturated rings. The monoisotopic (exact) mass is 270 g/mol. The van der Waals surface area contributed by atoms with Gasteiger partial charge in [0.05, 0.1) is 5.69 Å². The Morgan fingerprint density at radius 2 is 1.24 bits per heavy atom. The van der Waals surface area contributed by atoms with Crippen molar-refractivity contribution in [2.45, 2.75) is 0 Å². The lowest BCUT2D eigenvalue weighted by Crippen LogP contribution is -1.93. The van der Waals surface area contributed by atoms with Crippen LogP contribution in [0.2, 0.25) is 0 Å². The number of hydrogen-bond acceptors (Lipinski definition) is 2. The number of fused-ring (bicyclic) bond motifs is 2. The molecule has 0 bridgehead atoms. The van der Waals surface area contributed by atoms with Crippen LogP contribution in [0.5, 0.6) is 0 Å². The van der Waals surface area contributed by atoms with E-state index in [1.54, 1.807) is 12.4 Å². The summed E-state index contributed by atoms with van der Waals surface area (Å²) < 4.78 is 0. The largest absolute Gasteiger partial charge is 0.354 e. The molecular formula is C19H14N2. The first-order valence-electron chi connectivity index (χ1n) is 6.99. The first-order chi connectivity index (χ1) is 10.4. The summed E-state index contributed by atoms with van der Waals surface area (Å²) in [5.41, 5.74) is 2.20. The van der Waals surface area contributed by atoms with Crippen molar-refractivity contribution < 1.29 is 0 Å². The van der Waals surface area contributed by atoms with Gasteiger partial charge in [-0.15, -0.1) is 0 Å². The lowest BCUT2D eigenvalue weighted by molar-refractivity contribution is 1.33. The maximum atomic E-state index is 4.07. The zero-order valence-corrected chi connectivity index (χ0v) is 11.5. The van der Waals surface area contributed by atoms with Crippen molar-refractivity contribution in [2.24, 2.45) is 0 Å². The topological polar surface area (TPSA) is 24.9 Å². The van der Waals surface area contributed by atoms with Gasteiger partial charge in [-0.3, -0.25) is 4.98 Å². The van der Waals surface area contributed by atoms with Crippen LogP contribution in [-0.4, -0.2) is 4.98 Å². The molecule has 0 unspecified atom stereocenters. The van der Waals surface area contributed by atoms with Gasteiger partial charge in [0.1, 0.15) is 0 Å². The number of aromatic nitrogens is 1. The summed E-state index contributed by atoms with van der Waals surface area (Å²) in [6.07, 6.45) is 3.60. The summed E-state index contributed by atoms with van der Waals surface area (Å²) in [4.78, 5) is 4.07. The molecule has 3 aromatic carbocycles. The minimum Gasteiger partial charge on any atom is -0.354 e. The quantitative estimate of drug-likeness (QED) is 0.511. The second-order valence-corrected chi connectivity index (χ2v) is 5.05. The molecule has 1 heterocycles. The highest BCUT2D eigenvalue weighted by atomic mass is 14.9. The molecule has 0 radical (unpaired) electrons. The van der Waals surface area contributed by atoms with E-state index in [9.17, 15) is 0 Å². The van der Waals surface area contributed by atoms with Gasteiger partial charge >= 0.3 is 0 Å². The fourth-order valence-electron chi connectivity index (χ4n) is 2.73. The summed E-state index contributed by atoms with van der Waals surface area (Å²) in [7, 11) is 0. The average molecular weight is 270 g/mol. The van der Waals surface area contributed by atoms with Crippen LogP contribution in [0, 0.1) is 0 Å². The summed E-state index contributed by atoms with van der Waals surface area (Å²) in [5, 5.41) is 8.50. The third-order valence-electron chi connectivity index (χ3n) is 3.72. The third kappa shape index (κ3) is 2.11. The van der Waals surface area contributed by atoms with E-state index >= 15 is 0 Å². The van der Waals surface area contributed by atoms with Gasteiger partial charge in [0.2, 0.25) is 0 Å². The maximum absolute atomic E-state index is 4.07. The van der Waals surface area contributed by atoms with Gasteiger partial charge in [-0.1, -0.05) is 48.5 Å². The van der Waals surface area contributed by atoms with Crippen molar-refractivity contribution in [3.05, 3.63) is 79.1 Å². The predicted octanol–water partition coefficient (Wildman–Crippen LogP) is 5.13. The molecule has 0 atom stereocenters. The number of rotatable bonds is 2. The lowest BCUT2D eigenvalue weighted by atomic mass is 10.0. The van der Waals surface area contributed by atoms with Crippen LogP contribution >= 0.6 is 0 Å². The molecule has 0 aliphatic heterocycles. The van der Waals surface area contributed by atoms with Crippen molar-refractivity contribution in [3.8, 4) is 0 Å². The molecule has 2 heteroatoms. The minimum absolute atomic E-state index is 1.05. The third-order valence-corrected chi connectivity index (χ3v) is 3.72. The molecule has 0 amide bonds. The predicted molar refractivity (Wildman–Crippen MR) is 89.0 cm³/mol.